The van der Waals surface area contributed by atoms with Crippen LogP contribution in [0.3, 0.4) is 0 Å². The molecule has 0 unspecified atom stereocenters. The van der Waals surface area contributed by atoms with Gasteiger partial charge in [0, 0.05) is 24.5 Å². The molecule has 0 bridgehead atoms. The van der Waals surface area contributed by atoms with Crippen LogP contribution < -0.4 is 5.73 Å². The van der Waals surface area contributed by atoms with Crippen LogP contribution in [0.25, 0.3) is 0 Å². The Bertz CT molecular complexity index is 593. The zero-order valence-corrected chi connectivity index (χ0v) is 9.71. The molecule has 0 saturated carbocycles. The molecule has 2 N–H and O–H groups in total. The smallest absolute Gasteiger partial charge is 0.398 e. The first kappa shape index (κ1) is 13.3. The van der Waals surface area contributed by atoms with Crippen molar-refractivity contribution >= 4 is 5.69 Å². The van der Waals surface area contributed by atoms with Crippen LogP contribution >= 0.6 is 0 Å². The molecule has 2 aromatic rings. The predicted octanol–water partition coefficient (Wildman–Crippen LogP) is 3.41. The lowest BCUT2D eigenvalue weighted by Crippen LogP contribution is -2.09. The molecule has 1 aromatic heterocycles. The van der Waals surface area contributed by atoms with E-state index in [1.807, 2.05) is 0 Å². The summed E-state index contributed by atoms with van der Waals surface area (Å²) in [5, 5.41) is 0. The lowest BCUT2D eigenvalue weighted by molar-refractivity contribution is -0.140. The molecule has 100 valence electrons. The molecule has 2 rings (SSSR count). The van der Waals surface area contributed by atoms with E-state index in [4.69, 9.17) is 5.73 Å². The van der Waals surface area contributed by atoms with E-state index in [0.29, 0.717) is 16.8 Å². The first-order chi connectivity index (χ1) is 8.88. The fourth-order valence-corrected chi connectivity index (χ4v) is 1.71. The third-order valence-corrected chi connectivity index (χ3v) is 2.67. The van der Waals surface area contributed by atoms with Crippen LogP contribution in [0.15, 0.2) is 36.7 Å². The van der Waals surface area contributed by atoms with E-state index in [1.54, 1.807) is 6.07 Å². The van der Waals surface area contributed by atoms with E-state index in [9.17, 15) is 17.6 Å². The number of benzene rings is 1. The summed E-state index contributed by atoms with van der Waals surface area (Å²) >= 11 is 0. The van der Waals surface area contributed by atoms with Gasteiger partial charge in [0.15, 0.2) is 0 Å². The van der Waals surface area contributed by atoms with Gasteiger partial charge in [0.05, 0.1) is 5.56 Å². The largest absolute Gasteiger partial charge is 0.419 e. The van der Waals surface area contributed by atoms with Crippen LogP contribution in [0, 0.1) is 5.82 Å². The number of pyridine rings is 1. The molecule has 0 aliphatic heterocycles. The summed E-state index contributed by atoms with van der Waals surface area (Å²) in [6.07, 6.45) is -1.57. The van der Waals surface area contributed by atoms with Crippen molar-refractivity contribution in [2.75, 3.05) is 5.73 Å². The third kappa shape index (κ3) is 3.01. The van der Waals surface area contributed by atoms with Crippen molar-refractivity contribution in [2.24, 2.45) is 0 Å². The molecule has 0 amide bonds. The Morgan fingerprint density at radius 1 is 1.16 bits per heavy atom. The van der Waals surface area contributed by atoms with Gasteiger partial charge in [-0.3, -0.25) is 4.98 Å². The van der Waals surface area contributed by atoms with Gasteiger partial charge >= 0.3 is 6.18 Å². The number of nitrogen functional groups attached to an aromatic ring is 1. The topological polar surface area (TPSA) is 38.9 Å². The Labute approximate surface area is 106 Å². The summed E-state index contributed by atoms with van der Waals surface area (Å²) < 4.78 is 50.8. The number of aromatic nitrogens is 1. The average Bonchev–Trinajstić information content (AvgIpc) is 2.33. The summed E-state index contributed by atoms with van der Waals surface area (Å²) in [6, 6.07) is 4.47. The zero-order valence-electron chi connectivity index (χ0n) is 9.71. The predicted molar refractivity (Wildman–Crippen MR) is 62.9 cm³/mol. The van der Waals surface area contributed by atoms with E-state index >= 15 is 0 Å². The number of rotatable bonds is 2. The highest BCUT2D eigenvalue weighted by molar-refractivity contribution is 5.47. The third-order valence-electron chi connectivity index (χ3n) is 2.67. The molecule has 0 aliphatic rings. The van der Waals surface area contributed by atoms with Gasteiger partial charge in [0.25, 0.3) is 0 Å². The van der Waals surface area contributed by atoms with Crippen LogP contribution in [0.1, 0.15) is 16.7 Å². The summed E-state index contributed by atoms with van der Waals surface area (Å²) in [4.78, 5) is 3.85. The molecule has 0 fully saturated rings. The van der Waals surface area contributed by atoms with Crippen LogP contribution in [0.5, 0.6) is 0 Å². The van der Waals surface area contributed by atoms with Gasteiger partial charge in [-0.1, -0.05) is 6.07 Å². The number of halogens is 4. The average molecular weight is 270 g/mol. The normalized spacial score (nSPS) is 11.6. The quantitative estimate of drug-likeness (QED) is 0.849. The highest BCUT2D eigenvalue weighted by atomic mass is 19.4. The Kier molecular flexibility index (Phi) is 3.42. The monoisotopic (exact) mass is 270 g/mol. The maximum atomic E-state index is 13.1. The first-order valence-electron chi connectivity index (χ1n) is 5.42. The van der Waals surface area contributed by atoms with E-state index in [2.05, 4.69) is 4.98 Å². The second-order valence-electron chi connectivity index (χ2n) is 4.06. The number of hydrogen-bond donors (Lipinski definition) is 1. The highest BCUT2D eigenvalue weighted by Gasteiger charge is 2.34. The van der Waals surface area contributed by atoms with Gasteiger partial charge in [-0.2, -0.15) is 13.2 Å². The van der Waals surface area contributed by atoms with Crippen molar-refractivity contribution in [3.05, 3.63) is 59.2 Å². The Hall–Kier alpha value is -2.11. The summed E-state index contributed by atoms with van der Waals surface area (Å²) in [6.45, 7) is 0. The lowest BCUT2D eigenvalue weighted by Gasteiger charge is -2.10. The van der Waals surface area contributed by atoms with Crippen molar-refractivity contribution in [3.8, 4) is 0 Å². The molecule has 1 heterocycles. The van der Waals surface area contributed by atoms with E-state index < -0.39 is 17.6 Å². The van der Waals surface area contributed by atoms with Gasteiger partial charge in [-0.15, -0.1) is 0 Å². The Balaban J connectivity index is 2.35. The molecule has 0 spiro atoms. The van der Waals surface area contributed by atoms with E-state index in [1.165, 1.54) is 18.5 Å². The maximum Gasteiger partial charge on any atom is 0.419 e. The fourth-order valence-electron chi connectivity index (χ4n) is 1.71. The molecular formula is C13H10F4N2. The van der Waals surface area contributed by atoms with Crippen molar-refractivity contribution in [1.29, 1.82) is 0 Å². The van der Waals surface area contributed by atoms with Gasteiger partial charge in [0.1, 0.15) is 5.82 Å². The fraction of sp³-hybridized carbons (Fsp3) is 0.154. The first-order valence-corrected chi connectivity index (χ1v) is 5.42. The molecule has 0 saturated heterocycles. The minimum absolute atomic E-state index is 0.170. The van der Waals surface area contributed by atoms with Crippen LogP contribution in [-0.4, -0.2) is 4.98 Å². The SMILES string of the molecule is Nc1ccncc1Cc1ccc(F)c(C(F)(F)F)c1. The highest BCUT2D eigenvalue weighted by Crippen LogP contribution is 2.32. The second kappa shape index (κ2) is 4.87. The lowest BCUT2D eigenvalue weighted by atomic mass is 10.0. The van der Waals surface area contributed by atoms with Crippen LogP contribution in [0.4, 0.5) is 23.2 Å². The number of alkyl halides is 3. The maximum absolute atomic E-state index is 13.1. The minimum Gasteiger partial charge on any atom is -0.398 e. The van der Waals surface area contributed by atoms with Gasteiger partial charge < -0.3 is 5.73 Å². The molecule has 6 heteroatoms. The Morgan fingerprint density at radius 2 is 1.89 bits per heavy atom. The molecule has 19 heavy (non-hydrogen) atoms. The van der Waals surface area contributed by atoms with Crippen molar-refractivity contribution in [1.82, 2.24) is 4.98 Å². The molecule has 0 aliphatic carbocycles. The van der Waals surface area contributed by atoms with E-state index in [0.717, 1.165) is 12.1 Å². The van der Waals surface area contributed by atoms with Gasteiger partial charge in [-0.25, -0.2) is 4.39 Å². The number of nitrogens with zero attached hydrogens (tertiary/aromatic N) is 1. The molecule has 0 radical (unpaired) electrons. The number of anilines is 1. The minimum atomic E-state index is -4.71. The van der Waals surface area contributed by atoms with Gasteiger partial charge in [0.2, 0.25) is 0 Å². The van der Waals surface area contributed by atoms with E-state index in [-0.39, 0.29) is 6.42 Å². The number of nitrogens with two attached hydrogens (primary N) is 1. The Morgan fingerprint density at radius 3 is 2.53 bits per heavy atom. The summed E-state index contributed by atoms with van der Waals surface area (Å²) in [7, 11) is 0. The molecule has 2 nitrogen and oxygen atoms in total. The zero-order chi connectivity index (χ0) is 14.0. The second-order valence-corrected chi connectivity index (χ2v) is 4.06. The van der Waals surface area contributed by atoms with Crippen LogP contribution in [0.2, 0.25) is 0 Å². The summed E-state index contributed by atoms with van der Waals surface area (Å²) in [5.74, 6) is -1.28. The van der Waals surface area contributed by atoms with Crippen molar-refractivity contribution in [3.63, 3.8) is 0 Å². The standard InChI is InChI=1S/C13H10F4N2/c14-11-2-1-8(6-10(11)13(15,16)17)5-9-7-19-4-3-12(9)18/h1-4,6-7H,5H2,(H2,18,19). The van der Waals surface area contributed by atoms with Crippen molar-refractivity contribution < 1.29 is 17.6 Å². The molecular weight excluding hydrogens is 260 g/mol. The summed E-state index contributed by atoms with van der Waals surface area (Å²) in [5.41, 5.74) is 5.78. The van der Waals surface area contributed by atoms with Gasteiger partial charge in [-0.05, 0) is 29.3 Å². The van der Waals surface area contributed by atoms with Crippen LogP contribution in [-0.2, 0) is 12.6 Å². The molecule has 0 atom stereocenters. The van der Waals surface area contributed by atoms with Crippen molar-refractivity contribution in [2.45, 2.75) is 12.6 Å². The molecule has 1 aromatic carbocycles. The number of hydrogen-bond acceptors (Lipinski definition) is 2.